The molecule has 0 atom stereocenters. The molecule has 0 saturated carbocycles. The van der Waals surface area contributed by atoms with E-state index in [9.17, 15) is 4.79 Å². The number of carbonyl (C=O) groups excluding carboxylic acids is 1. The number of hydrogen-bond acceptors (Lipinski definition) is 3. The second kappa shape index (κ2) is 1.20. The maximum absolute atomic E-state index is 10.7. The van der Waals surface area contributed by atoms with Crippen LogP contribution in [-0.2, 0) is 11.3 Å². The van der Waals surface area contributed by atoms with Gasteiger partial charge in [0.2, 0.25) is 5.91 Å². The first kappa shape index (κ1) is 11.0. The van der Waals surface area contributed by atoms with Gasteiger partial charge in [-0.3, -0.25) is 4.79 Å². The van der Waals surface area contributed by atoms with Gasteiger partial charge in [0.15, 0.2) is 0 Å². The predicted octanol–water partition coefficient (Wildman–Crippen LogP) is 2.70. The third kappa shape index (κ3) is 0.182. The zero-order valence-electron chi connectivity index (χ0n) is 13.3. The first-order chi connectivity index (χ1) is 11.3. The second-order valence-electron chi connectivity index (χ2n) is 12.2. The van der Waals surface area contributed by atoms with E-state index >= 15 is 0 Å². The van der Waals surface area contributed by atoms with Crippen LogP contribution < -0.4 is 10.8 Å². The van der Waals surface area contributed by atoms with Crippen LogP contribution in [0.5, 0.6) is 0 Å². The van der Waals surface area contributed by atoms with E-state index in [1.807, 2.05) is 0 Å². The number of rotatable bonds is 2. The molecule has 0 aromatic heterocycles. The third-order valence-corrected chi connectivity index (χ3v) is 58.0. The summed E-state index contributed by atoms with van der Waals surface area (Å²) in [6, 6.07) is 6.52. The molecule has 11 rings (SSSR count). The van der Waals surface area contributed by atoms with E-state index in [4.69, 9.17) is 10.0 Å². The summed E-state index contributed by atoms with van der Waals surface area (Å²) in [6.45, 7) is -0.922. The number of nitrogens with one attached hydrogen (secondary N) is 1. The number of anilines is 1. The molecule has 1 aromatic carbocycles. The number of para-hydroxylation sites is 1. The molecule has 1 amide bonds. The Morgan fingerprint density at radius 1 is 0.917 bits per heavy atom. The van der Waals surface area contributed by atoms with Gasteiger partial charge in [0.25, 0.3) is 0 Å². The Kier molecular flexibility index (Phi) is 0.551. The number of amides is 1. The fourth-order valence-electron chi connectivity index (χ4n) is 16.8. The molecule has 10 aliphatic rings. The summed E-state index contributed by atoms with van der Waals surface area (Å²) >= 11 is 0. The van der Waals surface area contributed by atoms with Gasteiger partial charge in [0, 0.05) is 18.1 Å². The van der Waals surface area contributed by atoms with Crippen molar-refractivity contribution < 1.29 is 21.4 Å². The second-order valence-corrected chi connectivity index (χ2v) is 36.2. The van der Waals surface area contributed by atoms with Crippen LogP contribution in [0.25, 0.3) is 0 Å². The topological polar surface area (TPSA) is 69.6 Å². The van der Waals surface area contributed by atoms with E-state index in [0.29, 0.717) is 5.69 Å². The van der Waals surface area contributed by atoms with Gasteiger partial charge >= 0.3 is 61.8 Å². The van der Waals surface area contributed by atoms with Crippen molar-refractivity contribution in [2.24, 2.45) is 0 Å². The van der Waals surface area contributed by atoms with E-state index in [1.54, 1.807) is 66.4 Å². The fraction of sp³-hybridized carbons (Fsp3) is 0.611. The molecule has 10 heterocycles. The molecule has 10 saturated heterocycles. The van der Waals surface area contributed by atoms with Gasteiger partial charge in [-0.15, -0.1) is 0 Å². The fourth-order valence-corrected chi connectivity index (χ4v) is 89.0. The quantitative estimate of drug-likeness (QED) is 0.706. The van der Waals surface area contributed by atoms with Crippen LogP contribution in [-0.4, -0.2) is 23.1 Å². The van der Waals surface area contributed by atoms with Gasteiger partial charge in [-0.2, -0.15) is 0 Å². The van der Waals surface area contributed by atoms with Crippen LogP contribution in [0.2, 0.25) is 48.2 Å². The van der Waals surface area contributed by atoms with Crippen molar-refractivity contribution in [3.63, 3.8) is 0 Å². The van der Waals surface area contributed by atoms with E-state index in [2.05, 4.69) is 5.32 Å². The Morgan fingerprint density at radius 3 is 1.62 bits per heavy atom. The molecule has 10 fully saturated rings. The molecule has 4 nitrogen and oxygen atoms in total. The average Bonchev–Trinajstić information content (AvgIpc) is 3.47. The predicted molar refractivity (Wildman–Crippen MR) is 88.1 cm³/mol. The zero-order chi connectivity index (χ0) is 15.9. The van der Waals surface area contributed by atoms with Gasteiger partial charge in [0.05, 0.1) is 0 Å². The molecule has 126 valence electrons. The maximum atomic E-state index is 10.7. The molecule has 10 aliphatic heterocycles. The first-order valence-electron chi connectivity index (χ1n) is 9.21. The minimum atomic E-state index is -2.28. The SMILES string of the molecule is CC(=O)Nc1ccccc1B(O)O.[CH]12[CH]3[CH]4[CH]5[CH]1[Fe]23451678[CH]2[CH]1[CH]6[CH]7[CH]28. The van der Waals surface area contributed by atoms with Gasteiger partial charge in [0.1, 0.15) is 0 Å². The van der Waals surface area contributed by atoms with E-state index in [1.165, 1.54) is 13.0 Å². The van der Waals surface area contributed by atoms with Gasteiger partial charge < -0.3 is 15.4 Å². The number of benzene rings is 1. The van der Waals surface area contributed by atoms with E-state index in [0.717, 1.165) is 0 Å². The molecule has 0 radical (unpaired) electrons. The summed E-state index contributed by atoms with van der Waals surface area (Å²) in [4.78, 5) is 26.6. The summed E-state index contributed by atoms with van der Waals surface area (Å²) in [6.07, 6.45) is 0. The summed E-state index contributed by atoms with van der Waals surface area (Å²) in [5, 5.41) is 20.3. The summed E-state index contributed by atoms with van der Waals surface area (Å²) in [5.74, 6) is -0.242. The van der Waals surface area contributed by atoms with Crippen molar-refractivity contribution in [3.8, 4) is 0 Å². The van der Waals surface area contributed by atoms with Gasteiger partial charge in [-0.1, -0.05) is 18.2 Å². The Labute approximate surface area is 130 Å². The summed E-state index contributed by atoms with van der Waals surface area (Å²) in [7, 11) is -1.57. The first-order valence-corrected chi connectivity index (χ1v) is 15.6. The van der Waals surface area contributed by atoms with Crippen LogP contribution in [0, 0.1) is 0 Å². The molecule has 6 heteroatoms. The molecule has 0 unspecified atom stereocenters. The number of fused-ring (bicyclic) bond motifs is 10. The van der Waals surface area contributed by atoms with Crippen molar-refractivity contribution in [1.82, 2.24) is 0 Å². The van der Waals surface area contributed by atoms with Crippen LogP contribution >= 0.6 is 0 Å². The number of carbonyl (C=O) groups is 1. The third-order valence-electron chi connectivity index (χ3n) is 16.1. The standard InChI is InChI=1S/C8H10BNO3.2C5H5.Fe/c1-6(11)10-8-5-3-2-4-7(8)9(12)13;2*1-2-4-5-3-1;/h2-5,12-13H,1H3,(H,10,11);2*1-5H;. The molecule has 1 aromatic rings. The average molecular weight is 365 g/mol. The van der Waals surface area contributed by atoms with Crippen LogP contribution in [0.4, 0.5) is 5.69 Å². The summed E-state index contributed by atoms with van der Waals surface area (Å²) in [5.41, 5.74) is 0.711. The Bertz CT molecular complexity index is 1080. The van der Waals surface area contributed by atoms with Gasteiger partial charge in [-0.05, 0) is 6.07 Å². The monoisotopic (exact) mass is 365 g/mol. The van der Waals surface area contributed by atoms with E-state index < -0.39 is 13.6 Å². The summed E-state index contributed by atoms with van der Waals surface area (Å²) < 4.78 is 0. The van der Waals surface area contributed by atoms with Crippen molar-refractivity contribution in [1.29, 1.82) is 0 Å². The Balaban J connectivity index is 0.0000000816. The van der Waals surface area contributed by atoms with E-state index in [-0.39, 0.29) is 11.4 Å². The van der Waals surface area contributed by atoms with Crippen LogP contribution in [0.3, 0.4) is 0 Å². The van der Waals surface area contributed by atoms with Gasteiger partial charge in [-0.25, -0.2) is 0 Å². The molecular weight excluding hydrogens is 345 g/mol. The van der Waals surface area contributed by atoms with Crippen molar-refractivity contribution >= 4 is 24.2 Å². The number of hydrogen-bond donors (Lipinski definition) is 3. The van der Waals surface area contributed by atoms with Crippen molar-refractivity contribution in [2.75, 3.05) is 5.32 Å². The minimum absolute atomic E-state index is 0.242. The van der Waals surface area contributed by atoms with Crippen molar-refractivity contribution in [2.45, 2.75) is 55.1 Å². The normalized spacial score (nSPS) is 83.5. The molecule has 3 N–H and O–H groups in total. The Hall–Kier alpha value is -0.806. The molecule has 1 spiro atoms. The molecular formula is C18H20BFeNO3. The van der Waals surface area contributed by atoms with Crippen molar-refractivity contribution in [3.05, 3.63) is 24.3 Å². The molecule has 24 heavy (non-hydrogen) atoms. The van der Waals surface area contributed by atoms with Crippen LogP contribution in [0.15, 0.2) is 24.3 Å². The van der Waals surface area contributed by atoms with Crippen LogP contribution in [0.1, 0.15) is 6.92 Å². The molecule has 0 bridgehead atoms. The molecule has 0 aliphatic carbocycles. The Morgan fingerprint density at radius 2 is 1.33 bits per heavy atom. The zero-order valence-corrected chi connectivity index (χ0v) is 14.4.